The normalized spacial score (nSPS) is 11.0. The van der Waals surface area contributed by atoms with Crippen LogP contribution in [0.1, 0.15) is 32.6 Å². The van der Waals surface area contributed by atoms with Crippen molar-refractivity contribution in [2.24, 2.45) is 0 Å². The Labute approximate surface area is 76.9 Å². The fourth-order valence-corrected chi connectivity index (χ4v) is 1.30. The van der Waals surface area contributed by atoms with Crippen LogP contribution in [0.2, 0.25) is 0 Å². The van der Waals surface area contributed by atoms with Gasteiger partial charge in [0.15, 0.2) is 0 Å². The van der Waals surface area contributed by atoms with E-state index in [0.29, 0.717) is 0 Å². The second-order valence-electron chi connectivity index (χ2n) is 3.36. The van der Waals surface area contributed by atoms with E-state index in [1.165, 1.54) is 38.8 Å². The molecule has 0 rings (SSSR count). The molecule has 0 aliphatic heterocycles. The molecule has 0 saturated carbocycles. The molecule has 0 aliphatic rings. The monoisotopic (exact) mass is 173 g/mol. The summed E-state index contributed by atoms with van der Waals surface area (Å²) in [6, 6.07) is 0. The van der Waals surface area contributed by atoms with E-state index in [9.17, 15) is 0 Å². The molecule has 0 radical (unpaired) electrons. The largest absolute Gasteiger partial charge is 0.385 e. The van der Waals surface area contributed by atoms with Gasteiger partial charge in [-0.15, -0.1) is 0 Å². The Morgan fingerprint density at radius 2 is 1.83 bits per heavy atom. The summed E-state index contributed by atoms with van der Waals surface area (Å²) in [6.45, 7) is 5.60. The SMILES string of the molecule is CCCN(C)CCCCCOC. The maximum absolute atomic E-state index is 4.98. The highest BCUT2D eigenvalue weighted by atomic mass is 16.5. The fraction of sp³-hybridized carbons (Fsp3) is 1.00. The Kier molecular flexibility index (Phi) is 8.95. The predicted molar refractivity (Wildman–Crippen MR) is 53.5 cm³/mol. The lowest BCUT2D eigenvalue weighted by Gasteiger charge is -2.14. The molecule has 0 aromatic heterocycles. The van der Waals surface area contributed by atoms with Crippen LogP contribution in [-0.2, 0) is 4.74 Å². The van der Waals surface area contributed by atoms with Crippen molar-refractivity contribution in [1.82, 2.24) is 4.90 Å². The summed E-state index contributed by atoms with van der Waals surface area (Å²) in [7, 11) is 3.96. The van der Waals surface area contributed by atoms with Crippen LogP contribution >= 0.6 is 0 Å². The molecule has 0 fully saturated rings. The highest BCUT2D eigenvalue weighted by molar-refractivity contribution is 4.50. The maximum atomic E-state index is 4.98. The molecule has 12 heavy (non-hydrogen) atoms. The van der Waals surface area contributed by atoms with Crippen LogP contribution in [-0.4, -0.2) is 38.8 Å². The molecule has 0 saturated heterocycles. The smallest absolute Gasteiger partial charge is 0.0462 e. The van der Waals surface area contributed by atoms with Crippen LogP contribution in [0.5, 0.6) is 0 Å². The third kappa shape index (κ3) is 8.02. The molecule has 0 spiro atoms. The van der Waals surface area contributed by atoms with Crippen LogP contribution in [0, 0.1) is 0 Å². The van der Waals surface area contributed by atoms with Gasteiger partial charge >= 0.3 is 0 Å². The van der Waals surface area contributed by atoms with E-state index in [-0.39, 0.29) is 0 Å². The lowest BCUT2D eigenvalue weighted by molar-refractivity contribution is 0.190. The number of ether oxygens (including phenoxy) is 1. The maximum Gasteiger partial charge on any atom is 0.0462 e. The molecule has 0 unspecified atom stereocenters. The molecule has 74 valence electrons. The standard InChI is InChI=1S/C10H23NO/c1-4-8-11(2)9-6-5-7-10-12-3/h4-10H2,1-3H3. The zero-order valence-corrected chi connectivity index (χ0v) is 8.81. The number of hydrogen-bond donors (Lipinski definition) is 0. The Morgan fingerprint density at radius 1 is 1.08 bits per heavy atom. The van der Waals surface area contributed by atoms with E-state index in [4.69, 9.17) is 4.74 Å². The average Bonchev–Trinajstić information content (AvgIpc) is 2.05. The zero-order valence-electron chi connectivity index (χ0n) is 8.81. The van der Waals surface area contributed by atoms with Crippen molar-refractivity contribution >= 4 is 0 Å². The molecule has 0 amide bonds. The molecule has 0 bridgehead atoms. The predicted octanol–water partition coefficient (Wildman–Crippen LogP) is 2.14. The van der Waals surface area contributed by atoms with Gasteiger partial charge in [0, 0.05) is 13.7 Å². The Bertz CT molecular complexity index is 85.9. The number of unbranched alkanes of at least 4 members (excludes halogenated alkanes) is 2. The number of rotatable bonds is 8. The van der Waals surface area contributed by atoms with E-state index in [0.717, 1.165) is 6.61 Å². The molecule has 0 aromatic rings. The number of methoxy groups -OCH3 is 1. The average molecular weight is 173 g/mol. The Morgan fingerprint density at radius 3 is 2.42 bits per heavy atom. The first-order valence-electron chi connectivity index (χ1n) is 4.98. The minimum absolute atomic E-state index is 0.914. The highest BCUT2D eigenvalue weighted by Crippen LogP contribution is 1.97. The van der Waals surface area contributed by atoms with Crippen LogP contribution in [0.15, 0.2) is 0 Å². The van der Waals surface area contributed by atoms with Gasteiger partial charge in [-0.05, 0) is 45.8 Å². The van der Waals surface area contributed by atoms with E-state index in [1.54, 1.807) is 7.11 Å². The van der Waals surface area contributed by atoms with Crippen molar-refractivity contribution in [2.75, 3.05) is 33.9 Å². The minimum atomic E-state index is 0.914. The van der Waals surface area contributed by atoms with Gasteiger partial charge in [0.2, 0.25) is 0 Å². The molecule has 0 aliphatic carbocycles. The van der Waals surface area contributed by atoms with Crippen LogP contribution in [0.4, 0.5) is 0 Å². The summed E-state index contributed by atoms with van der Waals surface area (Å²) in [5.41, 5.74) is 0. The first-order valence-corrected chi connectivity index (χ1v) is 4.98. The van der Waals surface area contributed by atoms with Gasteiger partial charge in [0.25, 0.3) is 0 Å². The molecule has 0 heterocycles. The van der Waals surface area contributed by atoms with Crippen LogP contribution in [0.3, 0.4) is 0 Å². The van der Waals surface area contributed by atoms with Gasteiger partial charge in [0.1, 0.15) is 0 Å². The van der Waals surface area contributed by atoms with E-state index >= 15 is 0 Å². The minimum Gasteiger partial charge on any atom is -0.385 e. The summed E-state index contributed by atoms with van der Waals surface area (Å²) in [6.07, 6.45) is 5.06. The topological polar surface area (TPSA) is 12.5 Å². The Hall–Kier alpha value is -0.0800. The fourth-order valence-electron chi connectivity index (χ4n) is 1.30. The molecular formula is C10H23NO. The number of nitrogens with zero attached hydrogens (tertiary/aromatic N) is 1. The molecule has 2 nitrogen and oxygen atoms in total. The van der Waals surface area contributed by atoms with E-state index < -0.39 is 0 Å². The molecule has 2 heteroatoms. The molecular weight excluding hydrogens is 150 g/mol. The highest BCUT2D eigenvalue weighted by Gasteiger charge is 1.95. The lowest BCUT2D eigenvalue weighted by atomic mass is 10.2. The van der Waals surface area contributed by atoms with Gasteiger partial charge < -0.3 is 9.64 Å². The second-order valence-corrected chi connectivity index (χ2v) is 3.36. The van der Waals surface area contributed by atoms with Crippen molar-refractivity contribution in [3.05, 3.63) is 0 Å². The van der Waals surface area contributed by atoms with Gasteiger partial charge in [-0.3, -0.25) is 0 Å². The lowest BCUT2D eigenvalue weighted by Crippen LogP contribution is -2.20. The van der Waals surface area contributed by atoms with Gasteiger partial charge in [-0.1, -0.05) is 6.92 Å². The quantitative estimate of drug-likeness (QED) is 0.521. The van der Waals surface area contributed by atoms with Crippen LogP contribution in [0.25, 0.3) is 0 Å². The molecule has 0 atom stereocenters. The van der Waals surface area contributed by atoms with Crippen molar-refractivity contribution in [3.63, 3.8) is 0 Å². The summed E-state index contributed by atoms with van der Waals surface area (Å²) in [5.74, 6) is 0. The van der Waals surface area contributed by atoms with Gasteiger partial charge in [-0.25, -0.2) is 0 Å². The van der Waals surface area contributed by atoms with Gasteiger partial charge in [-0.2, -0.15) is 0 Å². The van der Waals surface area contributed by atoms with Crippen molar-refractivity contribution in [2.45, 2.75) is 32.6 Å². The molecule has 0 N–H and O–H groups in total. The summed E-state index contributed by atoms with van der Waals surface area (Å²) < 4.78 is 4.98. The zero-order chi connectivity index (χ0) is 9.23. The van der Waals surface area contributed by atoms with Crippen molar-refractivity contribution in [1.29, 1.82) is 0 Å². The van der Waals surface area contributed by atoms with E-state index in [1.807, 2.05) is 0 Å². The summed E-state index contributed by atoms with van der Waals surface area (Å²) >= 11 is 0. The third-order valence-electron chi connectivity index (χ3n) is 1.99. The van der Waals surface area contributed by atoms with Crippen molar-refractivity contribution < 1.29 is 4.74 Å². The summed E-state index contributed by atoms with van der Waals surface area (Å²) in [4.78, 5) is 2.40. The van der Waals surface area contributed by atoms with Gasteiger partial charge in [0.05, 0.1) is 0 Å². The molecule has 0 aromatic carbocycles. The third-order valence-corrected chi connectivity index (χ3v) is 1.99. The first-order chi connectivity index (χ1) is 5.81. The Balaban J connectivity index is 2.97. The first kappa shape index (κ1) is 11.9. The van der Waals surface area contributed by atoms with Crippen LogP contribution < -0.4 is 0 Å². The van der Waals surface area contributed by atoms with Crippen molar-refractivity contribution in [3.8, 4) is 0 Å². The number of hydrogen-bond acceptors (Lipinski definition) is 2. The summed E-state index contributed by atoms with van der Waals surface area (Å²) in [5, 5.41) is 0. The van der Waals surface area contributed by atoms with E-state index in [2.05, 4.69) is 18.9 Å². The second kappa shape index (κ2) is 9.01.